The van der Waals surface area contributed by atoms with Gasteiger partial charge in [-0.2, -0.15) is 15.1 Å². The molecule has 0 unspecified atom stereocenters. The maximum Gasteiger partial charge on any atom is 0.283 e. The van der Waals surface area contributed by atoms with Crippen LogP contribution >= 0.6 is 11.8 Å². The minimum atomic E-state index is -0.561. The smallest absolute Gasteiger partial charge is 0.283 e. The summed E-state index contributed by atoms with van der Waals surface area (Å²) in [6.45, 7) is 2.03. The summed E-state index contributed by atoms with van der Waals surface area (Å²) in [5.41, 5.74) is 0.411. The van der Waals surface area contributed by atoms with E-state index >= 15 is 0 Å². The number of benzene rings is 1. The third-order valence-electron chi connectivity index (χ3n) is 3.97. The molecule has 0 aliphatic carbocycles. The van der Waals surface area contributed by atoms with E-state index in [-0.39, 0.29) is 22.4 Å². The second-order valence-electron chi connectivity index (χ2n) is 5.78. The minimum Gasteiger partial charge on any atom is -0.463 e. The maximum absolute atomic E-state index is 12.6. The van der Waals surface area contributed by atoms with Crippen LogP contribution in [0, 0.1) is 5.41 Å². The molecule has 0 atom stereocenters. The quantitative estimate of drug-likeness (QED) is 0.841. The number of hydrogen-bond acceptors (Lipinski definition) is 6. The highest BCUT2D eigenvalue weighted by molar-refractivity contribution is 8.26. The Bertz CT molecular complexity index is 1100. The lowest BCUT2D eigenvalue weighted by atomic mass is 10.1. The second-order valence-corrected chi connectivity index (χ2v) is 6.82. The van der Waals surface area contributed by atoms with Gasteiger partial charge in [-0.25, -0.2) is 0 Å². The molecule has 130 valence electrons. The van der Waals surface area contributed by atoms with Crippen molar-refractivity contribution in [3.05, 3.63) is 51.9 Å². The van der Waals surface area contributed by atoms with Crippen molar-refractivity contribution in [2.75, 3.05) is 0 Å². The van der Waals surface area contributed by atoms with E-state index in [4.69, 9.17) is 9.83 Å². The number of thioether (sulfide) groups is 1. The molecule has 26 heavy (non-hydrogen) atoms. The number of nitrogens with zero attached hydrogens (tertiary/aromatic N) is 3. The zero-order valence-electron chi connectivity index (χ0n) is 13.9. The van der Waals surface area contributed by atoms with Crippen molar-refractivity contribution in [2.45, 2.75) is 19.8 Å². The van der Waals surface area contributed by atoms with Crippen molar-refractivity contribution in [1.29, 1.82) is 5.41 Å². The first kappa shape index (κ1) is 16.5. The van der Waals surface area contributed by atoms with Crippen molar-refractivity contribution >= 4 is 50.8 Å². The SMILES string of the molecule is CCCC1=NN2C(=N)/C(=C\c3coc4ccccc4c3=O)C(=O)N=C2S1. The molecule has 8 heteroatoms. The van der Waals surface area contributed by atoms with Crippen molar-refractivity contribution in [3.8, 4) is 0 Å². The fraction of sp³-hybridized carbons (Fsp3) is 0.167. The van der Waals surface area contributed by atoms with E-state index in [0.29, 0.717) is 16.1 Å². The summed E-state index contributed by atoms with van der Waals surface area (Å²) in [6, 6.07) is 6.87. The summed E-state index contributed by atoms with van der Waals surface area (Å²) in [5.74, 6) is -0.652. The van der Waals surface area contributed by atoms with Gasteiger partial charge < -0.3 is 4.42 Å². The lowest BCUT2D eigenvalue weighted by Crippen LogP contribution is -2.35. The molecular formula is C18H14N4O3S. The number of fused-ring (bicyclic) bond motifs is 2. The first-order valence-electron chi connectivity index (χ1n) is 8.08. The molecule has 1 aromatic heterocycles. The molecule has 0 spiro atoms. The number of carbonyl (C=O) groups excluding carboxylic acids is 1. The Kier molecular flexibility index (Phi) is 4.04. The lowest BCUT2D eigenvalue weighted by Gasteiger charge is -2.20. The van der Waals surface area contributed by atoms with Crippen LogP contribution in [-0.4, -0.2) is 27.0 Å². The third-order valence-corrected chi connectivity index (χ3v) is 4.93. The van der Waals surface area contributed by atoms with Crippen molar-refractivity contribution in [1.82, 2.24) is 5.01 Å². The highest BCUT2D eigenvalue weighted by Gasteiger charge is 2.35. The van der Waals surface area contributed by atoms with Crippen LogP contribution in [0.15, 0.2) is 55.4 Å². The van der Waals surface area contributed by atoms with E-state index in [9.17, 15) is 9.59 Å². The number of amides is 1. The Morgan fingerprint density at radius 2 is 2.12 bits per heavy atom. The zero-order valence-corrected chi connectivity index (χ0v) is 14.7. The van der Waals surface area contributed by atoms with Crippen molar-refractivity contribution in [3.63, 3.8) is 0 Å². The minimum absolute atomic E-state index is 0.0124. The Morgan fingerprint density at radius 1 is 1.31 bits per heavy atom. The van der Waals surface area contributed by atoms with E-state index in [0.717, 1.165) is 17.9 Å². The van der Waals surface area contributed by atoms with Crippen LogP contribution in [0.25, 0.3) is 17.0 Å². The Hall–Kier alpha value is -3.00. The fourth-order valence-corrected chi connectivity index (χ4v) is 3.68. The summed E-state index contributed by atoms with van der Waals surface area (Å²) >= 11 is 1.30. The lowest BCUT2D eigenvalue weighted by molar-refractivity contribution is -0.114. The Morgan fingerprint density at radius 3 is 2.92 bits per heavy atom. The second kappa shape index (κ2) is 6.38. The average Bonchev–Trinajstić information content (AvgIpc) is 3.03. The monoisotopic (exact) mass is 366 g/mol. The molecule has 0 saturated heterocycles. The van der Waals surface area contributed by atoms with Gasteiger partial charge in [0, 0.05) is 0 Å². The van der Waals surface area contributed by atoms with E-state index in [2.05, 4.69) is 10.1 Å². The number of hydrogen-bond donors (Lipinski definition) is 1. The standard InChI is InChI=1S/C18H14N4O3S/c1-2-5-14-21-22-16(19)12(17(24)20-18(22)26-14)8-10-9-25-13-7-4-3-6-11(13)15(10)23/h3-4,6-9,19H,2,5H2,1H3/b12-8+,19-16?. The topological polar surface area (TPSA) is 99.1 Å². The molecule has 2 aliphatic rings. The summed E-state index contributed by atoms with van der Waals surface area (Å²) in [7, 11) is 0. The van der Waals surface area contributed by atoms with Crippen LogP contribution < -0.4 is 5.43 Å². The number of aliphatic imine (C=N–C) groups is 1. The number of amidine groups is 2. The van der Waals surface area contributed by atoms with Crippen LogP contribution in [0.4, 0.5) is 0 Å². The number of rotatable bonds is 3. The normalized spacial score (nSPS) is 18.3. The number of hydrazone groups is 1. The van der Waals surface area contributed by atoms with E-state index in [1.54, 1.807) is 24.3 Å². The van der Waals surface area contributed by atoms with Gasteiger partial charge in [0.05, 0.1) is 16.5 Å². The summed E-state index contributed by atoms with van der Waals surface area (Å²) in [6.07, 6.45) is 4.31. The van der Waals surface area contributed by atoms with Gasteiger partial charge >= 0.3 is 0 Å². The highest BCUT2D eigenvalue weighted by Crippen LogP contribution is 2.29. The molecule has 1 amide bonds. The van der Waals surface area contributed by atoms with Gasteiger partial charge in [-0.1, -0.05) is 19.1 Å². The number of carbonyl (C=O) groups is 1. The molecule has 2 aliphatic heterocycles. The van der Waals surface area contributed by atoms with E-state index in [1.165, 1.54) is 29.1 Å². The van der Waals surface area contributed by atoms with Crippen LogP contribution in [0.1, 0.15) is 25.3 Å². The van der Waals surface area contributed by atoms with Crippen molar-refractivity contribution < 1.29 is 9.21 Å². The largest absolute Gasteiger partial charge is 0.463 e. The van der Waals surface area contributed by atoms with Gasteiger partial charge in [-0.05, 0) is 42.8 Å². The summed E-state index contributed by atoms with van der Waals surface area (Å²) < 4.78 is 5.46. The molecule has 1 N–H and O–H groups in total. The van der Waals surface area contributed by atoms with Crippen LogP contribution in [0.2, 0.25) is 0 Å². The Labute approximate surface area is 152 Å². The average molecular weight is 366 g/mol. The molecule has 4 rings (SSSR count). The fourth-order valence-electron chi connectivity index (χ4n) is 2.69. The molecular weight excluding hydrogens is 352 g/mol. The first-order valence-corrected chi connectivity index (χ1v) is 8.89. The summed E-state index contributed by atoms with van der Waals surface area (Å²) in [4.78, 5) is 29.0. The van der Waals surface area contributed by atoms with E-state index < -0.39 is 5.91 Å². The highest BCUT2D eigenvalue weighted by atomic mass is 32.2. The van der Waals surface area contributed by atoms with Crippen molar-refractivity contribution in [2.24, 2.45) is 10.1 Å². The molecule has 2 aromatic rings. The molecule has 3 heterocycles. The maximum atomic E-state index is 12.6. The third kappa shape index (κ3) is 2.68. The molecule has 7 nitrogen and oxygen atoms in total. The van der Waals surface area contributed by atoms with Gasteiger partial charge in [0.15, 0.2) is 11.3 Å². The zero-order chi connectivity index (χ0) is 18.3. The predicted octanol–water partition coefficient (Wildman–Crippen LogP) is 3.21. The van der Waals surface area contributed by atoms with Gasteiger partial charge in [-0.15, -0.1) is 0 Å². The van der Waals surface area contributed by atoms with Gasteiger partial charge in [-0.3, -0.25) is 15.0 Å². The van der Waals surface area contributed by atoms with Gasteiger partial charge in [0.25, 0.3) is 5.91 Å². The molecule has 0 fully saturated rings. The molecule has 1 aromatic carbocycles. The van der Waals surface area contributed by atoms with Crippen LogP contribution in [-0.2, 0) is 4.79 Å². The van der Waals surface area contributed by atoms with Gasteiger partial charge in [0.1, 0.15) is 16.9 Å². The summed E-state index contributed by atoms with van der Waals surface area (Å²) in [5, 5.41) is 15.6. The molecule has 0 saturated carbocycles. The van der Waals surface area contributed by atoms with Gasteiger partial charge in [0.2, 0.25) is 5.17 Å². The molecule has 0 bridgehead atoms. The predicted molar refractivity (Wildman–Crippen MR) is 102 cm³/mol. The number of para-hydroxylation sites is 1. The molecule has 0 radical (unpaired) electrons. The first-order chi connectivity index (χ1) is 12.6. The van der Waals surface area contributed by atoms with Crippen LogP contribution in [0.3, 0.4) is 0 Å². The van der Waals surface area contributed by atoms with E-state index in [1.807, 2.05) is 6.92 Å². The van der Waals surface area contributed by atoms with Crippen LogP contribution in [0.5, 0.6) is 0 Å². The number of nitrogens with one attached hydrogen (secondary N) is 1. The Balaban J connectivity index is 1.77.